The highest BCUT2D eigenvalue weighted by atomic mass is 15.4. The van der Waals surface area contributed by atoms with E-state index in [1.54, 1.807) is 4.68 Å². The summed E-state index contributed by atoms with van der Waals surface area (Å²) in [5, 5.41) is 7.67. The number of nitrogens with zero attached hydrogens (tertiary/aromatic N) is 3. The van der Waals surface area contributed by atoms with Gasteiger partial charge in [0.1, 0.15) is 0 Å². The first-order valence-electron chi connectivity index (χ1n) is 3.31. The summed E-state index contributed by atoms with van der Waals surface area (Å²) in [6.07, 6.45) is 1.88. The molecule has 1 heterocycles. The van der Waals surface area contributed by atoms with Crippen LogP contribution in [0.5, 0.6) is 0 Å². The van der Waals surface area contributed by atoms with E-state index in [1.165, 1.54) is 0 Å². The third-order valence-corrected chi connectivity index (χ3v) is 1.13. The predicted octanol–water partition coefficient (Wildman–Crippen LogP) is -0.0663. The highest BCUT2D eigenvalue weighted by molar-refractivity contribution is 4.86. The number of hydrogen-bond donors (Lipinski definition) is 1. The molecule has 0 amide bonds. The molecule has 0 aliphatic rings. The van der Waals surface area contributed by atoms with Gasteiger partial charge in [0, 0.05) is 12.2 Å². The molecule has 4 nitrogen and oxygen atoms in total. The largest absolute Gasteiger partial charge is 0.326 e. The lowest BCUT2D eigenvalue weighted by Gasteiger charge is -2.01. The van der Waals surface area contributed by atoms with E-state index >= 15 is 0 Å². The Hall–Kier alpha value is -0.900. The predicted molar refractivity (Wildman–Crippen MR) is 38.4 cm³/mol. The van der Waals surface area contributed by atoms with Gasteiger partial charge >= 0.3 is 0 Å². The van der Waals surface area contributed by atoms with E-state index < -0.39 is 0 Å². The second kappa shape index (κ2) is 2.79. The second-order valence-corrected chi connectivity index (χ2v) is 2.56. The zero-order valence-corrected chi connectivity index (χ0v) is 6.28. The molecule has 10 heavy (non-hydrogen) atoms. The molecule has 0 fully saturated rings. The smallest absolute Gasteiger partial charge is 0.0796 e. The van der Waals surface area contributed by atoms with Crippen molar-refractivity contribution >= 4 is 0 Å². The summed E-state index contributed by atoms with van der Waals surface area (Å²) in [7, 11) is 0. The van der Waals surface area contributed by atoms with Crippen LogP contribution < -0.4 is 5.73 Å². The Kier molecular flexibility index (Phi) is 2.01. The maximum absolute atomic E-state index is 5.55. The van der Waals surface area contributed by atoms with Crippen molar-refractivity contribution in [1.82, 2.24) is 15.0 Å². The van der Waals surface area contributed by atoms with E-state index in [0.717, 1.165) is 12.2 Å². The summed E-state index contributed by atoms with van der Waals surface area (Å²) in [5.41, 5.74) is 6.48. The molecule has 0 saturated carbocycles. The van der Waals surface area contributed by atoms with Crippen LogP contribution in [0.3, 0.4) is 0 Å². The minimum atomic E-state index is 0.140. The molecular weight excluding hydrogens is 128 g/mol. The van der Waals surface area contributed by atoms with Crippen LogP contribution in [0.1, 0.15) is 12.6 Å². The molecule has 0 aliphatic heterocycles. The second-order valence-electron chi connectivity index (χ2n) is 2.56. The molecule has 1 aromatic heterocycles. The van der Waals surface area contributed by atoms with Gasteiger partial charge < -0.3 is 5.73 Å². The van der Waals surface area contributed by atoms with Gasteiger partial charge in [0.2, 0.25) is 0 Å². The lowest BCUT2D eigenvalue weighted by Crippen LogP contribution is -2.22. The number of nitrogens with two attached hydrogens (primary N) is 1. The Balaban J connectivity index is 2.58. The van der Waals surface area contributed by atoms with Gasteiger partial charge in [-0.2, -0.15) is 0 Å². The topological polar surface area (TPSA) is 56.7 Å². The molecular formula is C6H12N4. The molecule has 2 N–H and O–H groups in total. The van der Waals surface area contributed by atoms with Crippen LogP contribution in [0.15, 0.2) is 6.20 Å². The zero-order valence-electron chi connectivity index (χ0n) is 6.28. The van der Waals surface area contributed by atoms with Crippen molar-refractivity contribution < 1.29 is 0 Å². The highest BCUT2D eigenvalue weighted by Gasteiger charge is 1.97. The molecule has 0 aromatic carbocycles. The summed E-state index contributed by atoms with van der Waals surface area (Å²) in [5.74, 6) is 0. The van der Waals surface area contributed by atoms with Crippen LogP contribution in [-0.2, 0) is 6.54 Å². The average molecular weight is 140 g/mol. The van der Waals surface area contributed by atoms with E-state index in [1.807, 2.05) is 20.0 Å². The van der Waals surface area contributed by atoms with Crippen LogP contribution in [-0.4, -0.2) is 21.0 Å². The maximum atomic E-state index is 5.55. The molecule has 1 atom stereocenters. The Morgan fingerprint density at radius 1 is 1.80 bits per heavy atom. The van der Waals surface area contributed by atoms with Crippen molar-refractivity contribution in [3.05, 3.63) is 11.9 Å². The number of aromatic nitrogens is 3. The first-order chi connectivity index (χ1) is 4.68. The van der Waals surface area contributed by atoms with Gasteiger partial charge in [-0.05, 0) is 13.8 Å². The first kappa shape index (κ1) is 7.21. The van der Waals surface area contributed by atoms with E-state index in [4.69, 9.17) is 5.73 Å². The quantitative estimate of drug-likeness (QED) is 0.625. The van der Waals surface area contributed by atoms with Gasteiger partial charge in [0.15, 0.2) is 0 Å². The van der Waals surface area contributed by atoms with Crippen molar-refractivity contribution in [2.75, 3.05) is 0 Å². The molecule has 56 valence electrons. The highest BCUT2D eigenvalue weighted by Crippen LogP contribution is 1.90. The number of hydrogen-bond acceptors (Lipinski definition) is 3. The van der Waals surface area contributed by atoms with E-state index in [2.05, 4.69) is 10.3 Å². The minimum Gasteiger partial charge on any atom is -0.326 e. The fourth-order valence-corrected chi connectivity index (χ4v) is 0.780. The molecule has 0 spiro atoms. The first-order valence-corrected chi connectivity index (χ1v) is 3.31. The Labute approximate surface area is 60.0 Å². The summed E-state index contributed by atoms with van der Waals surface area (Å²) in [6.45, 7) is 4.59. The SMILES string of the molecule is Cc1cn(CC(C)N)nn1. The standard InChI is InChI=1S/C6H12N4/c1-5(7)3-10-4-6(2)8-9-10/h4-5H,3,7H2,1-2H3. The molecule has 4 heteroatoms. The fraction of sp³-hybridized carbons (Fsp3) is 0.667. The summed E-state index contributed by atoms with van der Waals surface area (Å²) >= 11 is 0. The lowest BCUT2D eigenvalue weighted by atomic mass is 10.4. The molecule has 0 saturated heterocycles. The van der Waals surface area contributed by atoms with Crippen LogP contribution in [0.4, 0.5) is 0 Å². The van der Waals surface area contributed by atoms with E-state index in [9.17, 15) is 0 Å². The Bertz CT molecular complexity index is 203. The van der Waals surface area contributed by atoms with Gasteiger partial charge in [-0.1, -0.05) is 5.21 Å². The number of aryl methyl sites for hydroxylation is 1. The average Bonchev–Trinajstić information content (AvgIpc) is 2.13. The molecule has 0 radical (unpaired) electrons. The minimum absolute atomic E-state index is 0.140. The monoisotopic (exact) mass is 140 g/mol. The van der Waals surface area contributed by atoms with Crippen molar-refractivity contribution in [3.63, 3.8) is 0 Å². The summed E-state index contributed by atoms with van der Waals surface area (Å²) < 4.78 is 1.75. The maximum Gasteiger partial charge on any atom is 0.0796 e. The third-order valence-electron chi connectivity index (χ3n) is 1.13. The molecule has 1 unspecified atom stereocenters. The molecule has 1 aromatic rings. The Morgan fingerprint density at radius 3 is 2.90 bits per heavy atom. The van der Waals surface area contributed by atoms with Crippen LogP contribution in [0.25, 0.3) is 0 Å². The van der Waals surface area contributed by atoms with Crippen molar-refractivity contribution in [1.29, 1.82) is 0 Å². The Morgan fingerprint density at radius 2 is 2.50 bits per heavy atom. The fourth-order valence-electron chi connectivity index (χ4n) is 0.780. The van der Waals surface area contributed by atoms with E-state index in [-0.39, 0.29) is 6.04 Å². The van der Waals surface area contributed by atoms with Gasteiger partial charge in [0.05, 0.1) is 12.2 Å². The van der Waals surface area contributed by atoms with Gasteiger partial charge in [-0.3, -0.25) is 4.68 Å². The van der Waals surface area contributed by atoms with Crippen molar-refractivity contribution in [2.24, 2.45) is 5.73 Å². The van der Waals surface area contributed by atoms with Crippen molar-refractivity contribution in [2.45, 2.75) is 26.4 Å². The third kappa shape index (κ3) is 1.80. The molecule has 1 rings (SSSR count). The van der Waals surface area contributed by atoms with Crippen LogP contribution >= 0.6 is 0 Å². The summed E-state index contributed by atoms with van der Waals surface area (Å²) in [6, 6.07) is 0.140. The lowest BCUT2D eigenvalue weighted by molar-refractivity contribution is 0.523. The van der Waals surface area contributed by atoms with Crippen molar-refractivity contribution in [3.8, 4) is 0 Å². The normalized spacial score (nSPS) is 13.5. The van der Waals surface area contributed by atoms with E-state index in [0.29, 0.717) is 0 Å². The molecule has 0 bridgehead atoms. The van der Waals surface area contributed by atoms with Gasteiger partial charge in [-0.25, -0.2) is 0 Å². The van der Waals surface area contributed by atoms with Crippen LogP contribution in [0, 0.1) is 6.92 Å². The molecule has 0 aliphatic carbocycles. The van der Waals surface area contributed by atoms with Crippen LogP contribution in [0.2, 0.25) is 0 Å². The van der Waals surface area contributed by atoms with Gasteiger partial charge in [-0.15, -0.1) is 5.10 Å². The summed E-state index contributed by atoms with van der Waals surface area (Å²) in [4.78, 5) is 0. The zero-order chi connectivity index (χ0) is 7.56. The number of rotatable bonds is 2. The van der Waals surface area contributed by atoms with Gasteiger partial charge in [0.25, 0.3) is 0 Å².